The third-order valence-corrected chi connectivity index (χ3v) is 3.82. The summed E-state index contributed by atoms with van der Waals surface area (Å²) in [5.74, 6) is -0.314. The van der Waals surface area contributed by atoms with Gasteiger partial charge in [0.05, 0.1) is 16.3 Å². The third kappa shape index (κ3) is 2.53. The summed E-state index contributed by atoms with van der Waals surface area (Å²) in [4.78, 5) is 27.9. The van der Waals surface area contributed by atoms with Gasteiger partial charge in [0.2, 0.25) is 0 Å². The highest BCUT2D eigenvalue weighted by Crippen LogP contribution is 2.26. The minimum absolute atomic E-state index is 0.0339. The summed E-state index contributed by atoms with van der Waals surface area (Å²) < 4.78 is 15.7. The number of aromatic nitrogens is 4. The largest absolute Gasteiger partial charge is 0.352 e. The van der Waals surface area contributed by atoms with E-state index in [9.17, 15) is 14.0 Å². The highest BCUT2D eigenvalue weighted by atomic mass is 35.5. The minimum Gasteiger partial charge on any atom is -0.268 e. The van der Waals surface area contributed by atoms with Gasteiger partial charge in [-0.1, -0.05) is 11.6 Å². The number of hydrogen-bond donors (Lipinski definition) is 0. The first-order chi connectivity index (χ1) is 10.9. The maximum atomic E-state index is 13.3. The highest BCUT2D eigenvalue weighted by molar-refractivity contribution is 6.31. The monoisotopic (exact) mass is 334 g/mol. The van der Waals surface area contributed by atoms with E-state index in [-0.39, 0.29) is 16.4 Å². The Hall–Kier alpha value is -2.54. The quantitative estimate of drug-likeness (QED) is 0.718. The first-order valence-electron chi connectivity index (χ1n) is 6.86. The van der Waals surface area contributed by atoms with Gasteiger partial charge in [-0.3, -0.25) is 9.36 Å². The Morgan fingerprint density at radius 2 is 2.00 bits per heavy atom. The number of benzene rings is 1. The second kappa shape index (κ2) is 5.58. The summed E-state index contributed by atoms with van der Waals surface area (Å²) in [6.45, 7) is 2.23. The lowest BCUT2D eigenvalue weighted by Gasteiger charge is -2.14. The molecule has 0 aromatic heterocycles. The summed E-state index contributed by atoms with van der Waals surface area (Å²) in [6, 6.07) is 5.72. The molecule has 3 rings (SSSR count). The zero-order valence-corrected chi connectivity index (χ0v) is 13.1. The number of halogens is 2. The van der Waals surface area contributed by atoms with Crippen molar-refractivity contribution in [3.05, 3.63) is 55.9 Å². The number of fused-ring (bicyclic) bond motifs is 1. The minimum atomic E-state index is -0.635. The van der Waals surface area contributed by atoms with Crippen molar-refractivity contribution in [2.24, 2.45) is 7.05 Å². The summed E-state index contributed by atoms with van der Waals surface area (Å²) in [6.07, 6.45) is 0. The van der Waals surface area contributed by atoms with Crippen molar-refractivity contribution in [3.63, 3.8) is 0 Å². The molecule has 6 nitrogen and oxygen atoms in total. The van der Waals surface area contributed by atoms with Crippen molar-refractivity contribution in [1.82, 2.24) is 19.3 Å². The van der Waals surface area contributed by atoms with Gasteiger partial charge >= 0.3 is 5.69 Å². The van der Waals surface area contributed by atoms with Crippen molar-refractivity contribution in [1.29, 1.82) is 0 Å². The zero-order chi connectivity index (χ0) is 16.7. The van der Waals surface area contributed by atoms with Gasteiger partial charge in [0.15, 0.2) is 5.82 Å². The van der Waals surface area contributed by atoms with Crippen molar-refractivity contribution >= 4 is 11.6 Å². The molecule has 0 spiro atoms. The molecule has 1 aromatic carbocycles. The Bertz CT molecular complexity index is 996. The van der Waals surface area contributed by atoms with Gasteiger partial charge in [-0.05, 0) is 31.2 Å². The molecule has 0 saturated carbocycles. The van der Waals surface area contributed by atoms with E-state index < -0.39 is 17.1 Å². The molecule has 0 radical (unpaired) electrons. The van der Waals surface area contributed by atoms with E-state index in [1.54, 1.807) is 0 Å². The standard InChI is InChI=1S/C15H12ClFN4O2/c1-3-21-13-9(14(22)20(2)15(23)18-13)7-12(19-21)8-4-5-11(17)10(16)6-8/h4-7H,3H2,1-2H3. The van der Waals surface area contributed by atoms with Gasteiger partial charge < -0.3 is 0 Å². The molecule has 0 fully saturated rings. The van der Waals surface area contributed by atoms with Gasteiger partial charge in [-0.15, -0.1) is 0 Å². The van der Waals surface area contributed by atoms with Crippen molar-refractivity contribution in [3.8, 4) is 22.6 Å². The van der Waals surface area contributed by atoms with Crippen LogP contribution in [0.3, 0.4) is 0 Å². The second-order valence-corrected chi connectivity index (χ2v) is 5.38. The third-order valence-electron chi connectivity index (χ3n) is 3.53. The molecule has 0 amide bonds. The lowest BCUT2D eigenvalue weighted by molar-refractivity contribution is 0.623. The second-order valence-electron chi connectivity index (χ2n) is 4.97. The Kier molecular flexibility index (Phi) is 3.73. The smallest absolute Gasteiger partial charge is 0.268 e. The molecule has 0 bridgehead atoms. The number of rotatable bonds is 2. The van der Waals surface area contributed by atoms with E-state index in [2.05, 4.69) is 10.1 Å². The number of nitrogens with zero attached hydrogens (tertiary/aromatic N) is 4. The topological polar surface area (TPSA) is 69.8 Å². The fraction of sp³-hybridized carbons (Fsp3) is 0.200. The maximum absolute atomic E-state index is 13.3. The predicted molar refractivity (Wildman–Crippen MR) is 84.2 cm³/mol. The van der Waals surface area contributed by atoms with Crippen LogP contribution in [0.5, 0.6) is 0 Å². The molecule has 0 N–H and O–H groups in total. The Labute approximate surface area is 135 Å². The van der Waals surface area contributed by atoms with Crippen LogP contribution in [0.2, 0.25) is 5.02 Å². The van der Waals surface area contributed by atoms with E-state index in [4.69, 9.17) is 11.6 Å². The fourth-order valence-electron chi connectivity index (χ4n) is 2.27. The van der Waals surface area contributed by atoms with E-state index in [1.807, 2.05) is 6.92 Å². The molecular formula is C15H12ClFN4O2. The molecule has 1 aromatic rings. The zero-order valence-electron chi connectivity index (χ0n) is 12.4. The van der Waals surface area contributed by atoms with Crippen molar-refractivity contribution in [2.75, 3.05) is 0 Å². The molecule has 0 aliphatic carbocycles. The van der Waals surface area contributed by atoms with Gasteiger partial charge in [0, 0.05) is 19.2 Å². The fourth-order valence-corrected chi connectivity index (χ4v) is 2.45. The molecule has 0 atom stereocenters. The molecule has 0 saturated heterocycles. The van der Waals surface area contributed by atoms with Crippen LogP contribution >= 0.6 is 11.6 Å². The van der Waals surface area contributed by atoms with Crippen LogP contribution < -0.4 is 11.2 Å². The van der Waals surface area contributed by atoms with E-state index in [0.717, 1.165) is 4.57 Å². The molecular weight excluding hydrogens is 323 g/mol. The van der Waals surface area contributed by atoms with E-state index in [0.29, 0.717) is 17.8 Å². The van der Waals surface area contributed by atoms with Gasteiger partial charge in [-0.2, -0.15) is 10.1 Å². The SMILES string of the molecule is CCn1nc(-c2ccc(F)c(Cl)c2)cc2c(=O)n(C)c(=O)nc1-2. The van der Waals surface area contributed by atoms with Crippen LogP contribution in [-0.4, -0.2) is 19.3 Å². The van der Waals surface area contributed by atoms with Crippen LogP contribution in [0.15, 0.2) is 33.9 Å². The summed E-state index contributed by atoms with van der Waals surface area (Å²) in [5, 5.41) is 4.32. The summed E-state index contributed by atoms with van der Waals surface area (Å²) in [5.41, 5.74) is 0.176. The average molecular weight is 335 g/mol. The molecule has 23 heavy (non-hydrogen) atoms. The molecule has 8 heteroatoms. The van der Waals surface area contributed by atoms with Gasteiger partial charge in [0.25, 0.3) is 5.56 Å². The van der Waals surface area contributed by atoms with Crippen LogP contribution in [0, 0.1) is 5.82 Å². The first-order valence-corrected chi connectivity index (χ1v) is 7.24. The lowest BCUT2D eigenvalue weighted by Crippen LogP contribution is -2.36. The number of aryl methyl sites for hydroxylation is 1. The van der Waals surface area contributed by atoms with Crippen LogP contribution in [0.4, 0.5) is 4.39 Å². The normalized spacial score (nSPS) is 11.1. The van der Waals surface area contributed by atoms with E-state index >= 15 is 0 Å². The van der Waals surface area contributed by atoms with Crippen molar-refractivity contribution < 1.29 is 4.39 Å². The molecule has 2 aliphatic rings. The summed E-state index contributed by atoms with van der Waals surface area (Å²) >= 11 is 5.80. The highest BCUT2D eigenvalue weighted by Gasteiger charge is 2.18. The lowest BCUT2D eigenvalue weighted by atomic mass is 10.1. The Morgan fingerprint density at radius 1 is 1.26 bits per heavy atom. The molecule has 2 heterocycles. The predicted octanol–water partition coefficient (Wildman–Crippen LogP) is 1.92. The molecule has 2 aliphatic heterocycles. The molecule has 0 unspecified atom stereocenters. The maximum Gasteiger partial charge on any atom is 0.352 e. The first kappa shape index (κ1) is 15.4. The van der Waals surface area contributed by atoms with E-state index in [1.165, 1.54) is 36.0 Å². The Morgan fingerprint density at radius 3 is 2.65 bits per heavy atom. The van der Waals surface area contributed by atoms with Gasteiger partial charge in [0.1, 0.15) is 5.82 Å². The van der Waals surface area contributed by atoms with Crippen LogP contribution in [-0.2, 0) is 13.6 Å². The van der Waals surface area contributed by atoms with Crippen LogP contribution in [0.1, 0.15) is 6.92 Å². The molecule has 118 valence electrons. The van der Waals surface area contributed by atoms with Gasteiger partial charge in [-0.25, -0.2) is 13.9 Å². The average Bonchev–Trinajstić information content (AvgIpc) is 2.54. The Balaban J connectivity index is 2.35. The number of hydrogen-bond acceptors (Lipinski definition) is 4. The summed E-state index contributed by atoms with van der Waals surface area (Å²) in [7, 11) is 1.36. The van der Waals surface area contributed by atoms with Crippen molar-refractivity contribution in [2.45, 2.75) is 13.5 Å². The van der Waals surface area contributed by atoms with Crippen LogP contribution in [0.25, 0.3) is 22.6 Å².